The predicted octanol–water partition coefficient (Wildman–Crippen LogP) is 2.98. The first-order valence-electron chi connectivity index (χ1n) is 10.3. The maximum absolute atomic E-state index is 12.3. The molecule has 0 aliphatic rings. The Balaban J connectivity index is 1.32. The molecule has 3 aromatic heterocycles. The summed E-state index contributed by atoms with van der Waals surface area (Å²) in [7, 11) is 0. The van der Waals surface area contributed by atoms with Gasteiger partial charge in [0.25, 0.3) is 0 Å². The number of nitrogens with zero attached hydrogens (tertiary/aromatic N) is 5. The van der Waals surface area contributed by atoms with Crippen molar-refractivity contribution in [1.82, 2.24) is 30.1 Å². The zero-order chi connectivity index (χ0) is 21.5. The lowest BCUT2D eigenvalue weighted by Crippen LogP contribution is -2.27. The number of fused-ring (bicyclic) bond motifs is 1. The summed E-state index contributed by atoms with van der Waals surface area (Å²) in [5.41, 5.74) is 2.93. The number of rotatable bonds is 9. The fraction of sp³-hybridized carbons (Fsp3) is 0.261. The molecule has 4 aromatic rings. The minimum Gasteiger partial charge on any atom is -0.364 e. The normalized spacial score (nSPS) is 11.9. The summed E-state index contributed by atoms with van der Waals surface area (Å²) in [6.07, 6.45) is 4.35. The third-order valence-electron chi connectivity index (χ3n) is 5.07. The fourth-order valence-electron chi connectivity index (χ4n) is 3.26. The fourth-order valence-corrected chi connectivity index (χ4v) is 3.26. The smallest absolute Gasteiger partial charge is 0.220 e. The highest BCUT2D eigenvalue weighted by Crippen LogP contribution is 2.13. The van der Waals surface area contributed by atoms with Crippen LogP contribution in [0.2, 0.25) is 0 Å². The molecule has 0 saturated heterocycles. The molecule has 1 aromatic carbocycles. The molecule has 1 amide bonds. The molecule has 0 unspecified atom stereocenters. The second-order valence-electron chi connectivity index (χ2n) is 7.44. The number of aryl methyl sites for hydroxylation is 1. The summed E-state index contributed by atoms with van der Waals surface area (Å²) in [5, 5.41) is 19.2. The van der Waals surface area contributed by atoms with Crippen molar-refractivity contribution in [2.45, 2.75) is 32.2 Å². The quantitative estimate of drug-likeness (QED) is 0.436. The standard InChI is InChI=1S/C23H25N7O/c1-17(19-7-3-2-4-8-19)14-26-23(31)12-11-22-28-27-21-10-9-20(29-30(21)22)25-16-18-6-5-13-24-15-18/h2-10,13,15,17H,11-12,14,16H2,1H3,(H,25,29)(H,26,31)/t17-/m1/s1. The highest BCUT2D eigenvalue weighted by atomic mass is 16.1. The number of amides is 1. The van der Waals surface area contributed by atoms with E-state index in [0.717, 1.165) is 5.56 Å². The largest absolute Gasteiger partial charge is 0.364 e. The lowest BCUT2D eigenvalue weighted by Gasteiger charge is -2.12. The second kappa shape index (κ2) is 9.80. The molecule has 31 heavy (non-hydrogen) atoms. The molecule has 0 aliphatic carbocycles. The van der Waals surface area contributed by atoms with Gasteiger partial charge >= 0.3 is 0 Å². The van der Waals surface area contributed by atoms with E-state index in [0.29, 0.717) is 43.2 Å². The van der Waals surface area contributed by atoms with Gasteiger partial charge in [0.1, 0.15) is 5.82 Å². The number of carbonyl (C=O) groups is 1. The highest BCUT2D eigenvalue weighted by Gasteiger charge is 2.12. The monoisotopic (exact) mass is 415 g/mol. The minimum absolute atomic E-state index is 0.00890. The van der Waals surface area contributed by atoms with Crippen molar-refractivity contribution in [3.63, 3.8) is 0 Å². The summed E-state index contributed by atoms with van der Waals surface area (Å²) in [6.45, 7) is 3.32. The molecular weight excluding hydrogens is 390 g/mol. The van der Waals surface area contributed by atoms with E-state index in [1.54, 1.807) is 10.7 Å². The number of hydrogen-bond acceptors (Lipinski definition) is 6. The molecule has 0 bridgehead atoms. The van der Waals surface area contributed by atoms with Crippen LogP contribution in [0.25, 0.3) is 5.65 Å². The lowest BCUT2D eigenvalue weighted by molar-refractivity contribution is -0.121. The van der Waals surface area contributed by atoms with Crippen LogP contribution in [0.1, 0.15) is 36.2 Å². The average Bonchev–Trinajstić information content (AvgIpc) is 3.23. The molecule has 8 heteroatoms. The Labute approximate surface area is 180 Å². The third kappa shape index (κ3) is 5.42. The van der Waals surface area contributed by atoms with E-state index >= 15 is 0 Å². The van der Waals surface area contributed by atoms with Gasteiger partial charge in [0, 0.05) is 38.3 Å². The summed E-state index contributed by atoms with van der Waals surface area (Å²) in [4.78, 5) is 16.4. The molecular formula is C23H25N7O. The molecule has 0 saturated carbocycles. The number of aromatic nitrogens is 5. The first kappa shape index (κ1) is 20.5. The number of anilines is 1. The summed E-state index contributed by atoms with van der Waals surface area (Å²) < 4.78 is 1.69. The third-order valence-corrected chi connectivity index (χ3v) is 5.07. The van der Waals surface area contributed by atoms with Crippen molar-refractivity contribution in [3.05, 3.63) is 83.9 Å². The van der Waals surface area contributed by atoms with Gasteiger partial charge in [-0.1, -0.05) is 43.3 Å². The van der Waals surface area contributed by atoms with Gasteiger partial charge in [0.15, 0.2) is 11.5 Å². The zero-order valence-electron chi connectivity index (χ0n) is 17.4. The zero-order valence-corrected chi connectivity index (χ0v) is 17.4. The van der Waals surface area contributed by atoms with Crippen molar-refractivity contribution in [1.29, 1.82) is 0 Å². The summed E-state index contributed by atoms with van der Waals surface area (Å²) >= 11 is 0. The van der Waals surface area contributed by atoms with Gasteiger partial charge in [-0.3, -0.25) is 9.78 Å². The van der Waals surface area contributed by atoms with E-state index in [-0.39, 0.29) is 11.8 Å². The SMILES string of the molecule is C[C@H](CNC(=O)CCc1nnc2ccc(NCc3cccnc3)nn12)c1ccccc1. The second-order valence-corrected chi connectivity index (χ2v) is 7.44. The maximum atomic E-state index is 12.3. The van der Waals surface area contributed by atoms with Crippen LogP contribution < -0.4 is 10.6 Å². The Morgan fingerprint density at radius 1 is 1.06 bits per heavy atom. The van der Waals surface area contributed by atoms with E-state index in [2.05, 4.69) is 50.0 Å². The van der Waals surface area contributed by atoms with Crippen molar-refractivity contribution in [2.24, 2.45) is 0 Å². The van der Waals surface area contributed by atoms with Gasteiger partial charge in [-0.25, -0.2) is 0 Å². The van der Waals surface area contributed by atoms with Gasteiger partial charge in [-0.2, -0.15) is 4.52 Å². The molecule has 0 spiro atoms. The van der Waals surface area contributed by atoms with Gasteiger partial charge in [0.2, 0.25) is 5.91 Å². The molecule has 0 radical (unpaired) electrons. The van der Waals surface area contributed by atoms with Crippen molar-refractivity contribution in [3.8, 4) is 0 Å². The summed E-state index contributed by atoms with van der Waals surface area (Å²) in [5.74, 6) is 1.62. The first-order chi connectivity index (χ1) is 15.2. The number of carbonyl (C=O) groups excluding carboxylic acids is 1. The molecule has 0 aliphatic heterocycles. The minimum atomic E-state index is -0.00890. The Morgan fingerprint density at radius 3 is 2.74 bits per heavy atom. The molecule has 4 rings (SSSR count). The first-order valence-corrected chi connectivity index (χ1v) is 10.3. The van der Waals surface area contributed by atoms with E-state index in [4.69, 9.17) is 0 Å². The Hall–Kier alpha value is -3.81. The van der Waals surface area contributed by atoms with Crippen molar-refractivity contribution >= 4 is 17.4 Å². The molecule has 8 nitrogen and oxygen atoms in total. The van der Waals surface area contributed by atoms with E-state index in [1.807, 2.05) is 48.7 Å². The molecule has 1 atom stereocenters. The summed E-state index contributed by atoms with van der Waals surface area (Å²) in [6, 6.07) is 17.8. The lowest BCUT2D eigenvalue weighted by atomic mass is 10.0. The Bertz CT molecular complexity index is 1130. The van der Waals surface area contributed by atoms with Crippen LogP contribution in [0.3, 0.4) is 0 Å². The van der Waals surface area contributed by atoms with Crippen LogP contribution in [0.15, 0.2) is 67.0 Å². The van der Waals surface area contributed by atoms with Gasteiger partial charge in [-0.15, -0.1) is 15.3 Å². The van der Waals surface area contributed by atoms with E-state index in [9.17, 15) is 4.79 Å². The average molecular weight is 416 g/mol. The van der Waals surface area contributed by atoms with Gasteiger partial charge in [-0.05, 0) is 35.2 Å². The molecule has 2 N–H and O–H groups in total. The van der Waals surface area contributed by atoms with Crippen LogP contribution in [-0.4, -0.2) is 37.2 Å². The number of hydrogen-bond donors (Lipinski definition) is 2. The van der Waals surface area contributed by atoms with Crippen LogP contribution in [-0.2, 0) is 17.8 Å². The maximum Gasteiger partial charge on any atom is 0.220 e. The Kier molecular flexibility index (Phi) is 6.47. The number of benzene rings is 1. The van der Waals surface area contributed by atoms with Crippen LogP contribution in [0, 0.1) is 0 Å². The van der Waals surface area contributed by atoms with Crippen LogP contribution in [0.5, 0.6) is 0 Å². The van der Waals surface area contributed by atoms with Gasteiger partial charge < -0.3 is 10.6 Å². The van der Waals surface area contributed by atoms with Gasteiger partial charge in [0.05, 0.1) is 0 Å². The topological polar surface area (TPSA) is 97.1 Å². The van der Waals surface area contributed by atoms with Crippen molar-refractivity contribution in [2.75, 3.05) is 11.9 Å². The highest BCUT2D eigenvalue weighted by molar-refractivity contribution is 5.76. The van der Waals surface area contributed by atoms with Crippen LogP contribution >= 0.6 is 0 Å². The molecule has 3 heterocycles. The Morgan fingerprint density at radius 2 is 1.94 bits per heavy atom. The number of pyridine rings is 1. The van der Waals surface area contributed by atoms with Crippen molar-refractivity contribution < 1.29 is 4.79 Å². The molecule has 0 fully saturated rings. The molecule has 158 valence electrons. The van der Waals surface area contributed by atoms with Crippen LogP contribution in [0.4, 0.5) is 5.82 Å². The van der Waals surface area contributed by atoms with E-state index < -0.39 is 0 Å². The predicted molar refractivity (Wildman–Crippen MR) is 119 cm³/mol. The number of nitrogens with one attached hydrogen (secondary N) is 2. The van der Waals surface area contributed by atoms with E-state index in [1.165, 1.54) is 5.56 Å².